The lowest BCUT2D eigenvalue weighted by molar-refractivity contribution is 0.0717. The van der Waals surface area contributed by atoms with Crippen LogP contribution in [0, 0.1) is 0 Å². The van der Waals surface area contributed by atoms with Gasteiger partial charge in [0.1, 0.15) is 6.26 Å². The average molecular weight is 253 g/mol. The molecule has 2 heterocycles. The predicted molar refractivity (Wildman–Crippen MR) is 62.5 cm³/mol. The smallest absolute Gasteiger partial charge is 0.367 e. The molecule has 0 atom stereocenters. The molecule has 0 unspecified atom stereocenters. The first-order chi connectivity index (χ1) is 8.24. The van der Waals surface area contributed by atoms with Crippen LogP contribution < -0.4 is 10.1 Å². The third-order valence-electron chi connectivity index (χ3n) is 2.11. The predicted octanol–water partition coefficient (Wildman–Crippen LogP) is 1.95. The molecule has 6 nitrogen and oxygen atoms in total. The fraction of sp³-hybridized carbons (Fsp3) is 0.300. The molecule has 0 spiro atoms. The molecule has 0 aliphatic carbocycles. The zero-order valence-corrected chi connectivity index (χ0v) is 10.2. The van der Waals surface area contributed by atoms with Crippen LogP contribution >= 0.6 is 11.3 Å². The van der Waals surface area contributed by atoms with Gasteiger partial charge in [0.05, 0.1) is 5.38 Å². The van der Waals surface area contributed by atoms with E-state index in [0.717, 1.165) is 5.56 Å². The molecule has 0 saturated carbocycles. The third-order valence-corrected chi connectivity index (χ3v) is 2.95. The number of hydrogen-bond donors (Lipinski definition) is 1. The number of carbonyl (C=O) groups excluding carboxylic acids is 1. The number of hydrogen-bond acceptors (Lipinski definition) is 7. The maximum atomic E-state index is 11.8. The molecule has 0 radical (unpaired) electrons. The highest BCUT2D eigenvalue weighted by molar-refractivity contribution is 7.13. The quantitative estimate of drug-likeness (QED) is 0.839. The minimum Gasteiger partial charge on any atom is -0.402 e. The highest BCUT2D eigenvalue weighted by Crippen LogP contribution is 2.21. The molecule has 0 bridgehead atoms. The molecule has 1 N–H and O–H groups in total. The molecule has 7 heteroatoms. The van der Waals surface area contributed by atoms with Crippen molar-refractivity contribution in [3.05, 3.63) is 22.9 Å². The van der Waals surface area contributed by atoms with Gasteiger partial charge in [-0.25, -0.2) is 4.79 Å². The van der Waals surface area contributed by atoms with E-state index in [9.17, 15) is 4.79 Å². The minimum atomic E-state index is -0.552. The second-order valence-electron chi connectivity index (χ2n) is 3.17. The molecule has 0 saturated heterocycles. The first kappa shape index (κ1) is 11.6. The lowest BCUT2D eigenvalue weighted by Crippen LogP contribution is -2.11. The van der Waals surface area contributed by atoms with Crippen LogP contribution in [0.5, 0.6) is 5.88 Å². The standard InChI is InChI=1S/C10H11N3O3S/c1-3-6-4-15-13-8(6)9(14)16-7-5-17-10(11-2)12-7/h4-5H,3H2,1-2H3,(H,11,12). The molecule has 0 amide bonds. The van der Waals surface area contributed by atoms with Gasteiger partial charge < -0.3 is 14.6 Å². The van der Waals surface area contributed by atoms with Crippen LogP contribution in [0.4, 0.5) is 5.13 Å². The molecule has 2 rings (SSSR count). The summed E-state index contributed by atoms with van der Waals surface area (Å²) in [7, 11) is 1.75. The Bertz CT molecular complexity index is 520. The number of aryl methyl sites for hydroxylation is 1. The molecular formula is C10H11N3O3S. The second-order valence-corrected chi connectivity index (χ2v) is 4.03. The van der Waals surface area contributed by atoms with Gasteiger partial charge >= 0.3 is 5.97 Å². The number of aromatic nitrogens is 2. The second kappa shape index (κ2) is 4.96. The first-order valence-corrected chi connectivity index (χ1v) is 5.91. The summed E-state index contributed by atoms with van der Waals surface area (Å²) in [5, 5.41) is 8.81. The van der Waals surface area contributed by atoms with Gasteiger partial charge in [-0.15, -0.1) is 11.3 Å². The number of rotatable bonds is 4. The number of thiazole rings is 1. The van der Waals surface area contributed by atoms with Crippen molar-refractivity contribution in [3.8, 4) is 5.88 Å². The molecule has 2 aromatic rings. The van der Waals surface area contributed by atoms with Crippen molar-refractivity contribution < 1.29 is 14.1 Å². The summed E-state index contributed by atoms with van der Waals surface area (Å²) in [5.74, 6) is -0.294. The number of carbonyl (C=O) groups is 1. The summed E-state index contributed by atoms with van der Waals surface area (Å²) < 4.78 is 9.82. The lowest BCUT2D eigenvalue weighted by atomic mass is 10.2. The van der Waals surface area contributed by atoms with E-state index in [4.69, 9.17) is 9.26 Å². The van der Waals surface area contributed by atoms with E-state index in [0.29, 0.717) is 11.6 Å². The highest BCUT2D eigenvalue weighted by Gasteiger charge is 2.18. The Morgan fingerprint density at radius 1 is 1.65 bits per heavy atom. The molecule has 0 aromatic carbocycles. The number of nitrogens with zero attached hydrogens (tertiary/aromatic N) is 2. The van der Waals surface area contributed by atoms with E-state index >= 15 is 0 Å². The maximum absolute atomic E-state index is 11.8. The van der Waals surface area contributed by atoms with Gasteiger partial charge in [-0.05, 0) is 6.42 Å². The summed E-state index contributed by atoms with van der Waals surface area (Å²) in [4.78, 5) is 15.8. The van der Waals surface area contributed by atoms with Crippen molar-refractivity contribution in [3.63, 3.8) is 0 Å². The summed E-state index contributed by atoms with van der Waals surface area (Å²) in [6.45, 7) is 1.91. The molecule has 17 heavy (non-hydrogen) atoms. The number of anilines is 1. The van der Waals surface area contributed by atoms with Crippen LogP contribution in [-0.4, -0.2) is 23.2 Å². The Kier molecular flexibility index (Phi) is 3.38. The molecular weight excluding hydrogens is 242 g/mol. The van der Waals surface area contributed by atoms with Gasteiger partial charge in [-0.3, -0.25) is 0 Å². The van der Waals surface area contributed by atoms with Gasteiger partial charge in [-0.2, -0.15) is 4.98 Å². The van der Waals surface area contributed by atoms with Crippen LogP contribution in [0.25, 0.3) is 0 Å². The van der Waals surface area contributed by atoms with E-state index in [1.807, 2.05) is 6.92 Å². The van der Waals surface area contributed by atoms with Crippen LogP contribution in [0.2, 0.25) is 0 Å². The number of esters is 1. The van der Waals surface area contributed by atoms with Crippen LogP contribution in [0.3, 0.4) is 0 Å². The lowest BCUT2D eigenvalue weighted by Gasteiger charge is -1.98. The van der Waals surface area contributed by atoms with Gasteiger partial charge in [0.15, 0.2) is 10.8 Å². The van der Waals surface area contributed by atoms with Gasteiger partial charge in [0.25, 0.3) is 0 Å². The zero-order valence-electron chi connectivity index (χ0n) is 9.39. The van der Waals surface area contributed by atoms with Crippen LogP contribution in [0.1, 0.15) is 23.0 Å². The normalized spacial score (nSPS) is 10.2. The average Bonchev–Trinajstić information content (AvgIpc) is 2.96. The Hall–Kier alpha value is -1.89. The Balaban J connectivity index is 2.11. The topological polar surface area (TPSA) is 77.2 Å². The maximum Gasteiger partial charge on any atom is 0.367 e. The highest BCUT2D eigenvalue weighted by atomic mass is 32.1. The molecule has 0 aliphatic heterocycles. The third kappa shape index (κ3) is 2.44. The minimum absolute atomic E-state index is 0.200. The van der Waals surface area contributed by atoms with Crippen molar-refractivity contribution in [1.82, 2.24) is 10.1 Å². The van der Waals surface area contributed by atoms with Crippen molar-refractivity contribution in [2.24, 2.45) is 0 Å². The van der Waals surface area contributed by atoms with E-state index in [1.165, 1.54) is 17.6 Å². The zero-order chi connectivity index (χ0) is 12.3. The van der Waals surface area contributed by atoms with E-state index in [-0.39, 0.29) is 11.6 Å². The summed E-state index contributed by atoms with van der Waals surface area (Å²) in [6, 6.07) is 0. The van der Waals surface area contributed by atoms with Crippen molar-refractivity contribution in [2.75, 3.05) is 12.4 Å². The Morgan fingerprint density at radius 2 is 2.47 bits per heavy atom. The Morgan fingerprint density at radius 3 is 3.12 bits per heavy atom. The van der Waals surface area contributed by atoms with Gasteiger partial charge in [0.2, 0.25) is 5.88 Å². The summed E-state index contributed by atoms with van der Waals surface area (Å²) >= 11 is 1.36. The molecule has 2 aromatic heterocycles. The number of ether oxygens (including phenoxy) is 1. The van der Waals surface area contributed by atoms with Gasteiger partial charge in [-0.1, -0.05) is 12.1 Å². The fourth-order valence-corrected chi connectivity index (χ4v) is 1.81. The van der Waals surface area contributed by atoms with Crippen molar-refractivity contribution in [1.29, 1.82) is 0 Å². The van der Waals surface area contributed by atoms with E-state index in [2.05, 4.69) is 15.5 Å². The number of nitrogens with one attached hydrogen (secondary N) is 1. The monoisotopic (exact) mass is 253 g/mol. The van der Waals surface area contributed by atoms with Crippen molar-refractivity contribution >= 4 is 22.4 Å². The van der Waals surface area contributed by atoms with Gasteiger partial charge in [0, 0.05) is 12.6 Å². The summed E-state index contributed by atoms with van der Waals surface area (Å²) in [5.41, 5.74) is 0.922. The molecule has 0 fully saturated rings. The molecule has 90 valence electrons. The SMILES string of the molecule is CCc1conc1C(=O)Oc1csc(NC)n1. The largest absolute Gasteiger partial charge is 0.402 e. The van der Waals surface area contributed by atoms with E-state index < -0.39 is 5.97 Å². The summed E-state index contributed by atoms with van der Waals surface area (Å²) in [6.07, 6.45) is 2.10. The van der Waals surface area contributed by atoms with Crippen LogP contribution in [0.15, 0.2) is 16.2 Å². The molecule has 0 aliphatic rings. The van der Waals surface area contributed by atoms with E-state index in [1.54, 1.807) is 12.4 Å². The fourth-order valence-electron chi connectivity index (χ4n) is 1.24. The Labute approximate surface area is 102 Å². The van der Waals surface area contributed by atoms with Crippen molar-refractivity contribution in [2.45, 2.75) is 13.3 Å². The van der Waals surface area contributed by atoms with Crippen LogP contribution in [-0.2, 0) is 6.42 Å². The first-order valence-electron chi connectivity index (χ1n) is 5.03.